The van der Waals surface area contributed by atoms with Gasteiger partial charge in [-0.3, -0.25) is 14.9 Å². The standard InChI is InChI=1S/C16H13ClFN3O5/c1-8(15(22)20-14-5-2-9(17)6-12(14)18)26-16(23)11-7-10(21(24)25)3-4-13(11)19/h2-8H,19H2,1H3,(H,20,22)/t8-/m0/s1. The number of nitrogens with two attached hydrogens (primary N) is 1. The molecule has 26 heavy (non-hydrogen) atoms. The number of amides is 1. The number of nitrogens with zero attached hydrogens (tertiary/aromatic N) is 1. The summed E-state index contributed by atoms with van der Waals surface area (Å²) < 4.78 is 18.6. The molecule has 2 aromatic rings. The van der Waals surface area contributed by atoms with Gasteiger partial charge in [-0.15, -0.1) is 0 Å². The topological polar surface area (TPSA) is 125 Å². The summed E-state index contributed by atoms with van der Waals surface area (Å²) in [5.74, 6) is -2.58. The lowest BCUT2D eigenvalue weighted by atomic mass is 10.1. The number of nitro benzene ring substituents is 1. The van der Waals surface area contributed by atoms with Crippen LogP contribution in [0.15, 0.2) is 36.4 Å². The minimum Gasteiger partial charge on any atom is -0.449 e. The van der Waals surface area contributed by atoms with Gasteiger partial charge in [0.15, 0.2) is 6.10 Å². The van der Waals surface area contributed by atoms with E-state index in [9.17, 15) is 24.1 Å². The van der Waals surface area contributed by atoms with E-state index in [4.69, 9.17) is 22.1 Å². The number of ether oxygens (including phenoxy) is 1. The van der Waals surface area contributed by atoms with E-state index < -0.39 is 28.7 Å². The first-order valence-corrected chi connectivity index (χ1v) is 7.57. The Morgan fingerprint density at radius 2 is 2.00 bits per heavy atom. The fourth-order valence-electron chi connectivity index (χ4n) is 1.94. The van der Waals surface area contributed by atoms with Crippen molar-refractivity contribution in [3.63, 3.8) is 0 Å². The fraction of sp³-hybridized carbons (Fsp3) is 0.125. The molecule has 0 unspecified atom stereocenters. The first-order chi connectivity index (χ1) is 12.2. The van der Waals surface area contributed by atoms with Crippen LogP contribution in [0, 0.1) is 15.9 Å². The van der Waals surface area contributed by atoms with Gasteiger partial charge in [0.1, 0.15) is 5.82 Å². The van der Waals surface area contributed by atoms with Crippen LogP contribution in [0.25, 0.3) is 0 Å². The Bertz CT molecular complexity index is 890. The molecule has 0 spiro atoms. The number of anilines is 2. The van der Waals surface area contributed by atoms with Crippen LogP contribution in [0.3, 0.4) is 0 Å². The average molecular weight is 382 g/mol. The summed E-state index contributed by atoms with van der Waals surface area (Å²) in [4.78, 5) is 34.3. The predicted octanol–water partition coefficient (Wildman–Crippen LogP) is 3.15. The molecule has 136 valence electrons. The normalized spacial score (nSPS) is 11.5. The molecule has 2 aromatic carbocycles. The van der Waals surface area contributed by atoms with Crippen LogP contribution < -0.4 is 11.1 Å². The highest BCUT2D eigenvalue weighted by molar-refractivity contribution is 6.30. The zero-order valence-corrected chi connectivity index (χ0v) is 14.1. The molecule has 0 radical (unpaired) electrons. The van der Waals surface area contributed by atoms with Crippen molar-refractivity contribution in [1.29, 1.82) is 0 Å². The van der Waals surface area contributed by atoms with E-state index >= 15 is 0 Å². The van der Waals surface area contributed by atoms with E-state index in [1.807, 2.05) is 0 Å². The fourth-order valence-corrected chi connectivity index (χ4v) is 2.10. The van der Waals surface area contributed by atoms with Crippen molar-refractivity contribution in [2.24, 2.45) is 0 Å². The van der Waals surface area contributed by atoms with Crippen LogP contribution in [-0.4, -0.2) is 22.9 Å². The van der Waals surface area contributed by atoms with E-state index in [-0.39, 0.29) is 27.6 Å². The Labute approximate surface area is 151 Å². The predicted molar refractivity (Wildman–Crippen MR) is 92.4 cm³/mol. The quantitative estimate of drug-likeness (QED) is 0.355. The van der Waals surface area contributed by atoms with Crippen LogP contribution in [0.1, 0.15) is 17.3 Å². The molecule has 0 bridgehead atoms. The van der Waals surface area contributed by atoms with Gasteiger partial charge in [-0.05, 0) is 31.2 Å². The number of non-ortho nitro benzene ring substituents is 1. The highest BCUT2D eigenvalue weighted by Gasteiger charge is 2.23. The average Bonchev–Trinajstić information content (AvgIpc) is 2.57. The van der Waals surface area contributed by atoms with E-state index in [1.165, 1.54) is 25.1 Å². The lowest BCUT2D eigenvalue weighted by Crippen LogP contribution is -2.30. The lowest BCUT2D eigenvalue weighted by molar-refractivity contribution is -0.384. The Morgan fingerprint density at radius 1 is 1.31 bits per heavy atom. The minimum absolute atomic E-state index is 0.0445. The minimum atomic E-state index is -1.31. The number of hydrogen-bond donors (Lipinski definition) is 2. The van der Waals surface area contributed by atoms with E-state index in [1.54, 1.807) is 0 Å². The Hall–Kier alpha value is -3.20. The second kappa shape index (κ2) is 7.79. The van der Waals surface area contributed by atoms with Gasteiger partial charge in [-0.1, -0.05) is 11.6 Å². The summed E-state index contributed by atoms with van der Waals surface area (Å²) in [7, 11) is 0. The summed E-state index contributed by atoms with van der Waals surface area (Å²) in [6, 6.07) is 6.90. The Balaban J connectivity index is 2.10. The van der Waals surface area contributed by atoms with Crippen LogP contribution in [0.2, 0.25) is 5.02 Å². The summed E-state index contributed by atoms with van der Waals surface area (Å²) in [6.45, 7) is 1.26. The number of benzene rings is 2. The molecular weight excluding hydrogens is 369 g/mol. The smallest absolute Gasteiger partial charge is 0.341 e. The number of nitrogen functional groups attached to an aromatic ring is 1. The lowest BCUT2D eigenvalue weighted by Gasteiger charge is -2.14. The second-order valence-electron chi connectivity index (χ2n) is 5.19. The number of carbonyl (C=O) groups excluding carboxylic acids is 2. The molecule has 1 amide bonds. The van der Waals surface area contributed by atoms with E-state index in [2.05, 4.69) is 5.32 Å². The zero-order chi connectivity index (χ0) is 19.4. The molecule has 0 saturated carbocycles. The summed E-state index contributed by atoms with van der Waals surface area (Å²) in [5.41, 5.74) is 4.82. The highest BCUT2D eigenvalue weighted by atomic mass is 35.5. The van der Waals surface area contributed by atoms with Gasteiger partial charge in [0.05, 0.1) is 16.2 Å². The number of nitrogens with one attached hydrogen (secondary N) is 1. The third kappa shape index (κ3) is 4.45. The van der Waals surface area contributed by atoms with Crippen LogP contribution >= 0.6 is 11.6 Å². The van der Waals surface area contributed by atoms with Gasteiger partial charge in [0, 0.05) is 22.8 Å². The molecule has 1 atom stereocenters. The molecule has 0 saturated heterocycles. The van der Waals surface area contributed by atoms with E-state index in [0.717, 1.165) is 18.2 Å². The molecule has 0 heterocycles. The SMILES string of the molecule is C[C@H](OC(=O)c1cc([N+](=O)[O-])ccc1N)C(=O)Nc1ccc(Cl)cc1F. The molecule has 0 fully saturated rings. The molecule has 10 heteroatoms. The van der Waals surface area contributed by atoms with Gasteiger partial charge >= 0.3 is 5.97 Å². The van der Waals surface area contributed by atoms with E-state index in [0.29, 0.717) is 0 Å². The molecule has 0 aromatic heterocycles. The molecule has 2 rings (SSSR count). The number of esters is 1. The highest BCUT2D eigenvalue weighted by Crippen LogP contribution is 2.22. The summed E-state index contributed by atoms with van der Waals surface area (Å²) in [5, 5.41) is 13.2. The summed E-state index contributed by atoms with van der Waals surface area (Å²) >= 11 is 5.62. The first-order valence-electron chi connectivity index (χ1n) is 7.20. The van der Waals surface area contributed by atoms with Gasteiger partial charge in [0.25, 0.3) is 11.6 Å². The van der Waals surface area contributed by atoms with Gasteiger partial charge in [-0.25, -0.2) is 9.18 Å². The van der Waals surface area contributed by atoms with Crippen LogP contribution in [0.5, 0.6) is 0 Å². The summed E-state index contributed by atoms with van der Waals surface area (Å²) in [6.07, 6.45) is -1.31. The van der Waals surface area contributed by atoms with Gasteiger partial charge < -0.3 is 15.8 Å². The van der Waals surface area contributed by atoms with Crippen molar-refractivity contribution >= 4 is 40.5 Å². The third-order valence-corrected chi connectivity index (χ3v) is 3.54. The van der Waals surface area contributed by atoms with Crippen molar-refractivity contribution in [3.8, 4) is 0 Å². The van der Waals surface area contributed by atoms with Crippen LogP contribution in [0.4, 0.5) is 21.5 Å². The van der Waals surface area contributed by atoms with Crippen molar-refractivity contribution in [1.82, 2.24) is 0 Å². The number of hydrogen-bond acceptors (Lipinski definition) is 6. The van der Waals surface area contributed by atoms with Crippen molar-refractivity contribution < 1.29 is 23.6 Å². The largest absolute Gasteiger partial charge is 0.449 e. The molecule has 0 aliphatic rings. The van der Waals surface area contributed by atoms with Gasteiger partial charge in [-0.2, -0.15) is 0 Å². The third-order valence-electron chi connectivity index (χ3n) is 3.31. The molecule has 0 aliphatic carbocycles. The number of nitro groups is 1. The molecular formula is C16H13ClFN3O5. The van der Waals surface area contributed by atoms with Crippen molar-refractivity contribution in [3.05, 3.63) is 62.9 Å². The Kier molecular flexibility index (Phi) is 5.73. The zero-order valence-electron chi connectivity index (χ0n) is 13.4. The van der Waals surface area contributed by atoms with Gasteiger partial charge in [0.2, 0.25) is 0 Å². The maximum absolute atomic E-state index is 13.7. The number of halogens is 2. The van der Waals surface area contributed by atoms with Crippen molar-refractivity contribution in [2.75, 3.05) is 11.1 Å². The molecule has 8 nitrogen and oxygen atoms in total. The first kappa shape index (κ1) is 19.1. The van der Waals surface area contributed by atoms with Crippen molar-refractivity contribution in [2.45, 2.75) is 13.0 Å². The molecule has 0 aliphatic heterocycles. The Morgan fingerprint density at radius 3 is 2.62 bits per heavy atom. The van der Waals surface area contributed by atoms with Crippen LogP contribution in [-0.2, 0) is 9.53 Å². The number of carbonyl (C=O) groups is 2. The monoisotopic (exact) mass is 381 g/mol. The number of rotatable bonds is 5. The maximum Gasteiger partial charge on any atom is 0.341 e. The molecule has 3 N–H and O–H groups in total. The second-order valence-corrected chi connectivity index (χ2v) is 5.63. The maximum atomic E-state index is 13.7.